The molecule has 1 fully saturated rings. The van der Waals surface area contributed by atoms with E-state index in [0.717, 1.165) is 14.0 Å². The third kappa shape index (κ3) is 1.81. The van der Waals surface area contributed by atoms with Gasteiger partial charge in [0.15, 0.2) is 0 Å². The Kier molecular flexibility index (Phi) is 2.68. The van der Waals surface area contributed by atoms with Crippen LogP contribution in [0.2, 0.25) is 0 Å². The highest BCUT2D eigenvalue weighted by Gasteiger charge is 2.41. The Morgan fingerprint density at radius 1 is 1.57 bits per heavy atom. The second-order valence-electron chi connectivity index (χ2n) is 2.78. The minimum Gasteiger partial charge on any atom is -0.438 e. The molecule has 1 aliphatic heterocycles. The van der Waals surface area contributed by atoms with Crippen molar-refractivity contribution in [2.24, 2.45) is 0 Å². The van der Waals surface area contributed by atoms with E-state index in [2.05, 4.69) is 4.74 Å². The fourth-order valence-electron chi connectivity index (χ4n) is 0.974. The van der Waals surface area contributed by atoms with Crippen molar-refractivity contribution in [3.8, 4) is 0 Å². The van der Waals surface area contributed by atoms with Gasteiger partial charge in [0.1, 0.15) is 0 Å². The summed E-state index contributed by atoms with van der Waals surface area (Å²) in [6, 6.07) is -0.796. The van der Waals surface area contributed by atoms with E-state index in [1.54, 1.807) is 0 Å². The summed E-state index contributed by atoms with van der Waals surface area (Å²) in [7, 11) is 1.13. The first kappa shape index (κ1) is 10.4. The second kappa shape index (κ2) is 3.60. The number of halogens is 1. The molecule has 1 saturated heterocycles. The van der Waals surface area contributed by atoms with Crippen LogP contribution in [0.4, 0.5) is 9.18 Å². The van der Waals surface area contributed by atoms with E-state index in [9.17, 15) is 18.8 Å². The first-order chi connectivity index (χ1) is 6.43. The molecule has 3 amide bonds. The lowest BCUT2D eigenvalue weighted by molar-refractivity contribution is -0.158. The van der Waals surface area contributed by atoms with Crippen molar-refractivity contribution in [1.29, 1.82) is 0 Å². The van der Waals surface area contributed by atoms with Crippen LogP contribution in [0.25, 0.3) is 0 Å². The molecule has 7 heteroatoms. The predicted octanol–water partition coefficient (Wildman–Crippen LogP) is -0.605. The molecule has 0 aliphatic carbocycles. The first-order valence-corrected chi connectivity index (χ1v) is 3.83. The Morgan fingerprint density at radius 3 is 2.64 bits per heavy atom. The van der Waals surface area contributed by atoms with Crippen molar-refractivity contribution in [2.45, 2.75) is 19.3 Å². The highest BCUT2D eigenvalue weighted by Crippen LogP contribution is 2.11. The molecule has 0 aromatic heterocycles. The van der Waals surface area contributed by atoms with Gasteiger partial charge >= 0.3 is 12.0 Å². The lowest BCUT2D eigenvalue weighted by Crippen LogP contribution is -2.61. The van der Waals surface area contributed by atoms with Gasteiger partial charge in [0, 0.05) is 14.0 Å². The van der Waals surface area contributed by atoms with Crippen molar-refractivity contribution in [2.75, 3.05) is 7.05 Å². The number of urea groups is 1. The molecule has 0 spiro atoms. The number of imide groups is 1. The molecule has 0 radical (unpaired) electrons. The number of carbonyl (C=O) groups excluding carboxylic acids is 3. The maximum absolute atomic E-state index is 13.1. The SMILES string of the molecule is CC(=O)O[C@@H]1NC(=O)N(C)C(=O)[C@H]1F. The average Bonchev–Trinajstić information content (AvgIpc) is 2.10. The van der Waals surface area contributed by atoms with Gasteiger partial charge in [0.2, 0.25) is 12.4 Å². The molecule has 14 heavy (non-hydrogen) atoms. The van der Waals surface area contributed by atoms with E-state index in [4.69, 9.17) is 0 Å². The number of rotatable bonds is 1. The van der Waals surface area contributed by atoms with Gasteiger partial charge in [-0.25, -0.2) is 9.18 Å². The number of ether oxygens (including phenoxy) is 1. The van der Waals surface area contributed by atoms with Crippen molar-refractivity contribution in [3.05, 3.63) is 0 Å². The predicted molar refractivity (Wildman–Crippen MR) is 41.8 cm³/mol. The fraction of sp³-hybridized carbons (Fsp3) is 0.571. The monoisotopic (exact) mass is 204 g/mol. The molecule has 2 atom stereocenters. The van der Waals surface area contributed by atoms with E-state index in [-0.39, 0.29) is 0 Å². The van der Waals surface area contributed by atoms with Crippen molar-refractivity contribution < 1.29 is 23.5 Å². The molecule has 1 N–H and O–H groups in total. The third-order valence-corrected chi connectivity index (χ3v) is 1.70. The lowest BCUT2D eigenvalue weighted by atomic mass is 10.2. The van der Waals surface area contributed by atoms with Gasteiger partial charge in [-0.1, -0.05) is 0 Å². The van der Waals surface area contributed by atoms with Crippen molar-refractivity contribution in [1.82, 2.24) is 10.2 Å². The van der Waals surface area contributed by atoms with Crippen molar-refractivity contribution in [3.63, 3.8) is 0 Å². The summed E-state index contributed by atoms with van der Waals surface area (Å²) < 4.78 is 17.5. The molecule has 0 bridgehead atoms. The van der Waals surface area contributed by atoms with Crippen LogP contribution in [-0.4, -0.2) is 42.3 Å². The molecular formula is C7H9FN2O4. The zero-order chi connectivity index (χ0) is 10.9. The van der Waals surface area contributed by atoms with E-state index < -0.39 is 30.3 Å². The number of esters is 1. The summed E-state index contributed by atoms with van der Waals surface area (Å²) in [6.07, 6.45) is -3.58. The molecule has 1 rings (SSSR count). The number of carbonyl (C=O) groups is 3. The largest absolute Gasteiger partial charge is 0.438 e. The van der Waals surface area contributed by atoms with Gasteiger partial charge in [-0.2, -0.15) is 0 Å². The summed E-state index contributed by atoms with van der Waals surface area (Å²) in [5.74, 6) is -1.80. The lowest BCUT2D eigenvalue weighted by Gasteiger charge is -2.30. The Bertz CT molecular complexity index is 293. The first-order valence-electron chi connectivity index (χ1n) is 3.83. The molecule has 0 unspecified atom stereocenters. The maximum Gasteiger partial charge on any atom is 0.326 e. The number of nitrogens with zero attached hydrogens (tertiary/aromatic N) is 1. The van der Waals surface area contributed by atoms with Crippen LogP contribution in [0, 0.1) is 0 Å². The van der Waals surface area contributed by atoms with Crippen molar-refractivity contribution >= 4 is 17.9 Å². The van der Waals surface area contributed by atoms with E-state index in [1.807, 2.05) is 5.32 Å². The number of hydrogen-bond acceptors (Lipinski definition) is 4. The highest BCUT2D eigenvalue weighted by molar-refractivity contribution is 5.99. The van der Waals surface area contributed by atoms with Crippen LogP contribution in [0.1, 0.15) is 6.92 Å². The van der Waals surface area contributed by atoms with Gasteiger partial charge in [0.25, 0.3) is 5.91 Å². The summed E-state index contributed by atoms with van der Waals surface area (Å²) >= 11 is 0. The van der Waals surface area contributed by atoms with E-state index >= 15 is 0 Å². The van der Waals surface area contributed by atoms with Crippen LogP contribution >= 0.6 is 0 Å². The molecule has 0 aromatic carbocycles. The smallest absolute Gasteiger partial charge is 0.326 e. The van der Waals surface area contributed by atoms with Crippen LogP contribution in [0.15, 0.2) is 0 Å². The van der Waals surface area contributed by atoms with Crippen LogP contribution in [0.3, 0.4) is 0 Å². The number of alkyl halides is 1. The Hall–Kier alpha value is -1.66. The van der Waals surface area contributed by atoms with Crippen LogP contribution < -0.4 is 5.32 Å². The number of nitrogens with one attached hydrogen (secondary N) is 1. The van der Waals surface area contributed by atoms with E-state index in [0.29, 0.717) is 4.90 Å². The van der Waals surface area contributed by atoms with E-state index in [1.165, 1.54) is 0 Å². The third-order valence-electron chi connectivity index (χ3n) is 1.70. The van der Waals surface area contributed by atoms with Crippen LogP contribution in [-0.2, 0) is 14.3 Å². The molecule has 0 aromatic rings. The summed E-state index contributed by atoms with van der Waals surface area (Å²) in [6.45, 7) is 1.06. The minimum atomic E-state index is -2.05. The summed E-state index contributed by atoms with van der Waals surface area (Å²) in [5, 5.41) is 2.03. The standard InChI is InChI=1S/C7H9FN2O4/c1-3(11)14-5-4(8)6(12)10(2)7(13)9-5/h4-5H,1-2H3,(H,9,13)/t4-,5-/m0/s1. The number of hydrogen-bond donors (Lipinski definition) is 1. The van der Waals surface area contributed by atoms with Gasteiger partial charge in [-0.05, 0) is 0 Å². The molecular weight excluding hydrogens is 195 g/mol. The van der Waals surface area contributed by atoms with Gasteiger partial charge in [-0.15, -0.1) is 0 Å². The number of amides is 3. The zero-order valence-corrected chi connectivity index (χ0v) is 7.61. The molecule has 78 valence electrons. The molecule has 1 aliphatic rings. The van der Waals surface area contributed by atoms with Gasteiger partial charge in [0.05, 0.1) is 0 Å². The summed E-state index contributed by atoms with van der Waals surface area (Å²) in [4.78, 5) is 33.1. The molecule has 1 heterocycles. The topological polar surface area (TPSA) is 75.7 Å². The molecule has 6 nitrogen and oxygen atoms in total. The molecule has 0 saturated carbocycles. The minimum absolute atomic E-state index is 0.588. The zero-order valence-electron chi connectivity index (χ0n) is 7.61. The average molecular weight is 204 g/mol. The maximum atomic E-state index is 13.1. The highest BCUT2D eigenvalue weighted by atomic mass is 19.1. The van der Waals surface area contributed by atoms with Gasteiger partial charge in [-0.3, -0.25) is 19.8 Å². The fourth-order valence-corrected chi connectivity index (χ4v) is 0.974. The van der Waals surface area contributed by atoms with Gasteiger partial charge < -0.3 is 4.74 Å². The Balaban J connectivity index is 2.75. The summed E-state index contributed by atoms with van der Waals surface area (Å²) in [5.41, 5.74) is 0. The quantitative estimate of drug-likeness (QED) is 0.578. The van der Waals surface area contributed by atoms with Crippen LogP contribution in [0.5, 0.6) is 0 Å². The normalized spacial score (nSPS) is 27.2. The Morgan fingerprint density at radius 2 is 2.14 bits per heavy atom. The Labute approximate surface area is 79.0 Å². The second-order valence-corrected chi connectivity index (χ2v) is 2.78.